The van der Waals surface area contributed by atoms with Crippen LogP contribution in [0.5, 0.6) is 5.75 Å². The van der Waals surface area contributed by atoms with E-state index in [4.69, 9.17) is 66.3 Å². The van der Waals surface area contributed by atoms with Gasteiger partial charge in [-0.15, -0.1) is 0 Å². The molecule has 1 rings (SSSR count). The minimum atomic E-state index is -0.252. The molecule has 0 heterocycles. The molecule has 1 aromatic carbocycles. The van der Waals surface area contributed by atoms with E-state index in [9.17, 15) is 4.79 Å². The SMILES string of the molecule is CCOC(=O)CCOCCOCCOCCOCCOCCOCCOCCOCCOCCOCCOCCOCCOc1ccccc1. The van der Waals surface area contributed by atoms with Gasteiger partial charge in [0.2, 0.25) is 0 Å². The van der Waals surface area contributed by atoms with Crippen LogP contribution < -0.4 is 4.74 Å². The molecule has 1 aromatic rings. The summed E-state index contributed by atoms with van der Waals surface area (Å²) in [5, 5.41) is 0. The predicted molar refractivity (Wildman–Crippen MR) is 183 cm³/mol. The summed E-state index contributed by atoms with van der Waals surface area (Å²) in [4.78, 5) is 11.2. The standard InChI is InChI=1S/C35H62O15/c1-2-49-35(36)8-9-37-10-11-38-12-13-39-14-15-40-16-17-41-18-19-42-20-21-43-22-23-44-24-25-45-26-27-46-28-29-47-30-31-48-32-33-50-34-6-4-3-5-7-34/h3-7H,2,8-33H2,1H3. The number of rotatable bonds is 41. The van der Waals surface area contributed by atoms with Crippen LogP contribution in [0.1, 0.15) is 13.3 Å². The largest absolute Gasteiger partial charge is 0.491 e. The van der Waals surface area contributed by atoms with Crippen molar-refractivity contribution in [2.24, 2.45) is 0 Å². The summed E-state index contributed by atoms with van der Waals surface area (Å²) < 4.78 is 75.8. The third-order valence-corrected chi connectivity index (χ3v) is 6.09. The highest BCUT2D eigenvalue weighted by Gasteiger charge is 2.01. The maximum atomic E-state index is 11.2. The fourth-order valence-corrected chi connectivity index (χ4v) is 3.64. The third kappa shape index (κ3) is 35.8. The van der Waals surface area contributed by atoms with Crippen molar-refractivity contribution in [3.63, 3.8) is 0 Å². The Kier molecular flexibility index (Phi) is 36.6. The third-order valence-electron chi connectivity index (χ3n) is 6.09. The molecule has 0 unspecified atom stereocenters. The Bertz CT molecular complexity index is 806. The Labute approximate surface area is 298 Å². The number of carbonyl (C=O) groups excluding carboxylic acids is 1. The molecule has 0 aromatic heterocycles. The number of hydrogen-bond donors (Lipinski definition) is 0. The molecule has 0 amide bonds. The maximum Gasteiger partial charge on any atom is 0.308 e. The Morgan fingerprint density at radius 3 is 0.920 bits per heavy atom. The molecule has 0 spiro atoms. The van der Waals surface area contributed by atoms with E-state index in [-0.39, 0.29) is 12.4 Å². The average molecular weight is 723 g/mol. The van der Waals surface area contributed by atoms with Gasteiger partial charge in [0.05, 0.1) is 172 Å². The Morgan fingerprint density at radius 2 is 0.640 bits per heavy atom. The van der Waals surface area contributed by atoms with Crippen molar-refractivity contribution in [2.45, 2.75) is 13.3 Å². The van der Waals surface area contributed by atoms with Crippen molar-refractivity contribution >= 4 is 5.97 Å². The van der Waals surface area contributed by atoms with Crippen molar-refractivity contribution in [2.75, 3.05) is 172 Å². The van der Waals surface area contributed by atoms with Crippen molar-refractivity contribution in [1.82, 2.24) is 0 Å². The molecule has 0 radical (unpaired) electrons. The fourth-order valence-electron chi connectivity index (χ4n) is 3.64. The highest BCUT2D eigenvalue weighted by atomic mass is 16.6. The molecule has 0 aliphatic heterocycles. The normalized spacial score (nSPS) is 11.3. The molecule has 0 N–H and O–H groups in total. The zero-order valence-corrected chi connectivity index (χ0v) is 30.1. The molecule has 0 fully saturated rings. The quantitative estimate of drug-likeness (QED) is 0.0719. The van der Waals surface area contributed by atoms with Gasteiger partial charge in [0.1, 0.15) is 12.4 Å². The summed E-state index contributed by atoms with van der Waals surface area (Å²) in [6, 6.07) is 9.66. The lowest BCUT2D eigenvalue weighted by Crippen LogP contribution is -2.15. The summed E-state index contributed by atoms with van der Waals surface area (Å²) in [5.74, 6) is 0.588. The smallest absolute Gasteiger partial charge is 0.308 e. The van der Waals surface area contributed by atoms with Crippen LogP contribution in [-0.2, 0) is 66.4 Å². The van der Waals surface area contributed by atoms with Gasteiger partial charge in [-0.05, 0) is 19.1 Å². The zero-order valence-electron chi connectivity index (χ0n) is 30.1. The van der Waals surface area contributed by atoms with E-state index in [1.165, 1.54) is 0 Å². The van der Waals surface area contributed by atoms with E-state index >= 15 is 0 Å². The summed E-state index contributed by atoms with van der Waals surface area (Å²) in [6.45, 7) is 14.4. The molecule has 0 saturated heterocycles. The lowest BCUT2D eigenvalue weighted by Gasteiger charge is -2.09. The number of benzene rings is 1. The lowest BCUT2D eigenvalue weighted by atomic mass is 10.3. The van der Waals surface area contributed by atoms with Crippen LogP contribution in [0.3, 0.4) is 0 Å². The van der Waals surface area contributed by atoms with Crippen LogP contribution in [0.25, 0.3) is 0 Å². The van der Waals surface area contributed by atoms with Gasteiger partial charge in [0.15, 0.2) is 0 Å². The van der Waals surface area contributed by atoms with Crippen LogP contribution in [0.4, 0.5) is 0 Å². The number of esters is 1. The molecular formula is C35H62O15. The lowest BCUT2D eigenvalue weighted by molar-refractivity contribution is -0.144. The first-order chi connectivity index (χ1) is 24.8. The summed E-state index contributed by atoms with van der Waals surface area (Å²) >= 11 is 0. The van der Waals surface area contributed by atoms with Gasteiger partial charge in [-0.25, -0.2) is 0 Å². The van der Waals surface area contributed by atoms with Crippen molar-refractivity contribution in [3.8, 4) is 5.75 Å². The maximum absolute atomic E-state index is 11.2. The fraction of sp³-hybridized carbons (Fsp3) is 0.800. The minimum Gasteiger partial charge on any atom is -0.491 e. The zero-order chi connectivity index (χ0) is 35.7. The highest BCUT2D eigenvalue weighted by Crippen LogP contribution is 2.07. The summed E-state index contributed by atoms with van der Waals surface area (Å²) in [7, 11) is 0. The molecule has 15 heteroatoms. The Hall–Kier alpha value is -1.99. The predicted octanol–water partition coefficient (Wildman–Crippen LogP) is 2.22. The van der Waals surface area contributed by atoms with Gasteiger partial charge >= 0.3 is 5.97 Å². The Morgan fingerprint density at radius 1 is 0.380 bits per heavy atom. The van der Waals surface area contributed by atoms with E-state index in [0.717, 1.165) is 5.75 Å². The minimum absolute atomic E-state index is 0.252. The van der Waals surface area contributed by atoms with Crippen molar-refractivity contribution < 1.29 is 71.1 Å². The molecule has 50 heavy (non-hydrogen) atoms. The first-order valence-corrected chi connectivity index (χ1v) is 17.6. The molecule has 0 aliphatic rings. The van der Waals surface area contributed by atoms with Gasteiger partial charge in [-0.3, -0.25) is 4.79 Å². The van der Waals surface area contributed by atoms with Gasteiger partial charge in [-0.2, -0.15) is 0 Å². The van der Waals surface area contributed by atoms with Crippen LogP contribution in [0.2, 0.25) is 0 Å². The second kappa shape index (κ2) is 39.8. The molecule has 292 valence electrons. The molecule has 0 aliphatic carbocycles. The molecular weight excluding hydrogens is 660 g/mol. The van der Waals surface area contributed by atoms with Crippen molar-refractivity contribution in [1.29, 1.82) is 0 Å². The van der Waals surface area contributed by atoms with E-state index < -0.39 is 0 Å². The van der Waals surface area contributed by atoms with Gasteiger partial charge in [-0.1, -0.05) is 18.2 Å². The number of hydrogen-bond acceptors (Lipinski definition) is 15. The first-order valence-electron chi connectivity index (χ1n) is 17.6. The first kappa shape index (κ1) is 46.0. The second-order valence-electron chi connectivity index (χ2n) is 10.1. The number of ether oxygens (including phenoxy) is 14. The monoisotopic (exact) mass is 722 g/mol. The van der Waals surface area contributed by atoms with Gasteiger partial charge < -0.3 is 66.3 Å². The van der Waals surface area contributed by atoms with E-state index in [1.807, 2.05) is 30.3 Å². The van der Waals surface area contributed by atoms with E-state index in [2.05, 4.69) is 0 Å². The van der Waals surface area contributed by atoms with Crippen LogP contribution in [0, 0.1) is 0 Å². The summed E-state index contributed by atoms with van der Waals surface area (Å²) in [6.07, 6.45) is 0.254. The van der Waals surface area contributed by atoms with E-state index in [1.54, 1.807) is 6.92 Å². The average Bonchev–Trinajstić information content (AvgIpc) is 3.13. The second-order valence-corrected chi connectivity index (χ2v) is 10.1. The molecule has 0 saturated carbocycles. The van der Waals surface area contributed by atoms with Gasteiger partial charge in [0, 0.05) is 0 Å². The van der Waals surface area contributed by atoms with E-state index in [0.29, 0.717) is 172 Å². The van der Waals surface area contributed by atoms with Crippen molar-refractivity contribution in [3.05, 3.63) is 30.3 Å². The van der Waals surface area contributed by atoms with Crippen LogP contribution in [-0.4, -0.2) is 178 Å². The van der Waals surface area contributed by atoms with Crippen LogP contribution >= 0.6 is 0 Å². The van der Waals surface area contributed by atoms with Gasteiger partial charge in [0.25, 0.3) is 0 Å². The molecule has 0 atom stereocenters. The summed E-state index contributed by atoms with van der Waals surface area (Å²) in [5.41, 5.74) is 0. The Balaban J connectivity index is 1.61. The highest BCUT2D eigenvalue weighted by molar-refractivity contribution is 5.69. The van der Waals surface area contributed by atoms with Crippen LogP contribution in [0.15, 0.2) is 30.3 Å². The molecule has 0 bridgehead atoms. The topological polar surface area (TPSA) is 146 Å². The number of para-hydroxylation sites is 1. The number of carbonyl (C=O) groups is 1. The molecule has 15 nitrogen and oxygen atoms in total.